The van der Waals surface area contributed by atoms with Crippen LogP contribution in [0.1, 0.15) is 27.1 Å². The maximum atomic E-state index is 12.8. The predicted molar refractivity (Wildman–Crippen MR) is 87.4 cm³/mol. The van der Waals surface area contributed by atoms with Gasteiger partial charge >= 0.3 is 5.97 Å². The lowest BCUT2D eigenvalue weighted by molar-refractivity contribution is -0.146. The van der Waals surface area contributed by atoms with Gasteiger partial charge in [-0.1, -0.05) is 60.7 Å². The van der Waals surface area contributed by atoms with Crippen molar-refractivity contribution in [3.8, 4) is 0 Å². The van der Waals surface area contributed by atoms with Crippen molar-refractivity contribution < 1.29 is 24.0 Å². The van der Waals surface area contributed by atoms with Crippen molar-refractivity contribution in [2.45, 2.75) is 6.42 Å². The minimum Gasteiger partial charge on any atom is -0.340 e. The molecule has 2 aromatic rings. The molecular formula is C19H15NO5. The van der Waals surface area contributed by atoms with Crippen molar-refractivity contribution in [1.29, 1.82) is 0 Å². The molecule has 1 saturated heterocycles. The molecule has 1 amide bonds. The second-order valence-electron chi connectivity index (χ2n) is 5.70. The average molecular weight is 337 g/mol. The Balaban J connectivity index is 1.92. The fraction of sp³-hybridized carbons (Fsp3) is 0.158. The highest BCUT2D eigenvalue weighted by Gasteiger charge is 2.46. The quantitative estimate of drug-likeness (QED) is 0.643. The second kappa shape index (κ2) is 7.09. The van der Waals surface area contributed by atoms with E-state index in [1.165, 1.54) is 0 Å². The SMILES string of the molecule is O=C(CC(C(=O)c1ccccc1)C1C(=O)NOC1=O)c1ccccc1. The van der Waals surface area contributed by atoms with E-state index in [0.29, 0.717) is 11.1 Å². The van der Waals surface area contributed by atoms with E-state index < -0.39 is 29.5 Å². The fourth-order valence-electron chi connectivity index (χ4n) is 2.80. The molecule has 3 rings (SSSR count). The number of rotatable bonds is 6. The Morgan fingerprint density at radius 2 is 1.48 bits per heavy atom. The van der Waals surface area contributed by atoms with Gasteiger partial charge < -0.3 is 4.84 Å². The number of nitrogens with one attached hydrogen (secondary N) is 1. The van der Waals surface area contributed by atoms with E-state index in [2.05, 4.69) is 4.84 Å². The molecule has 0 aromatic heterocycles. The van der Waals surface area contributed by atoms with Crippen molar-refractivity contribution >= 4 is 23.4 Å². The maximum Gasteiger partial charge on any atom is 0.345 e. The van der Waals surface area contributed by atoms with Crippen LogP contribution in [0.5, 0.6) is 0 Å². The highest BCUT2D eigenvalue weighted by atomic mass is 16.7. The molecule has 1 aliphatic heterocycles. The molecule has 126 valence electrons. The number of hydrogen-bond donors (Lipinski definition) is 1. The fourth-order valence-corrected chi connectivity index (χ4v) is 2.80. The lowest BCUT2D eigenvalue weighted by Crippen LogP contribution is -2.34. The van der Waals surface area contributed by atoms with Gasteiger partial charge in [-0.2, -0.15) is 5.48 Å². The van der Waals surface area contributed by atoms with Gasteiger partial charge in [-0.3, -0.25) is 14.4 Å². The van der Waals surface area contributed by atoms with Gasteiger partial charge in [-0.15, -0.1) is 0 Å². The summed E-state index contributed by atoms with van der Waals surface area (Å²) in [4.78, 5) is 53.8. The third-order valence-electron chi connectivity index (χ3n) is 4.09. The molecule has 0 saturated carbocycles. The van der Waals surface area contributed by atoms with Crippen LogP contribution in [-0.4, -0.2) is 23.4 Å². The summed E-state index contributed by atoms with van der Waals surface area (Å²) >= 11 is 0. The van der Waals surface area contributed by atoms with Crippen LogP contribution in [0, 0.1) is 11.8 Å². The Bertz CT molecular complexity index is 800. The molecule has 1 N–H and O–H groups in total. The summed E-state index contributed by atoms with van der Waals surface area (Å²) in [5.74, 6) is -4.77. The number of ketones is 2. The predicted octanol–water partition coefficient (Wildman–Crippen LogP) is 1.96. The smallest absolute Gasteiger partial charge is 0.340 e. The number of amides is 1. The third-order valence-corrected chi connectivity index (χ3v) is 4.09. The topological polar surface area (TPSA) is 89.5 Å². The molecule has 25 heavy (non-hydrogen) atoms. The van der Waals surface area contributed by atoms with Crippen LogP contribution in [0.3, 0.4) is 0 Å². The van der Waals surface area contributed by atoms with Crippen LogP contribution in [0.15, 0.2) is 60.7 Å². The van der Waals surface area contributed by atoms with Crippen LogP contribution < -0.4 is 5.48 Å². The largest absolute Gasteiger partial charge is 0.345 e. The van der Waals surface area contributed by atoms with E-state index >= 15 is 0 Å². The lowest BCUT2D eigenvalue weighted by atomic mass is 9.81. The molecule has 0 aliphatic carbocycles. The molecule has 2 unspecified atom stereocenters. The van der Waals surface area contributed by atoms with Crippen LogP contribution in [-0.2, 0) is 14.4 Å². The van der Waals surface area contributed by atoms with Gasteiger partial charge in [0, 0.05) is 17.5 Å². The van der Waals surface area contributed by atoms with Gasteiger partial charge in [-0.25, -0.2) is 4.79 Å². The molecule has 6 nitrogen and oxygen atoms in total. The van der Waals surface area contributed by atoms with Crippen molar-refractivity contribution in [3.63, 3.8) is 0 Å². The van der Waals surface area contributed by atoms with Crippen molar-refractivity contribution in [3.05, 3.63) is 71.8 Å². The van der Waals surface area contributed by atoms with Gasteiger partial charge in [0.15, 0.2) is 17.5 Å². The molecule has 2 atom stereocenters. The van der Waals surface area contributed by atoms with Gasteiger partial charge in [0.05, 0.1) is 5.92 Å². The van der Waals surface area contributed by atoms with Crippen LogP contribution >= 0.6 is 0 Å². The first-order chi connectivity index (χ1) is 12.1. The summed E-state index contributed by atoms with van der Waals surface area (Å²) in [6.07, 6.45) is -0.259. The monoisotopic (exact) mass is 337 g/mol. The number of benzene rings is 2. The van der Waals surface area contributed by atoms with Crippen molar-refractivity contribution in [2.75, 3.05) is 0 Å². The molecular weight excluding hydrogens is 322 g/mol. The zero-order chi connectivity index (χ0) is 17.8. The molecule has 2 aromatic carbocycles. The van der Waals surface area contributed by atoms with Gasteiger partial charge in [0.2, 0.25) is 0 Å². The van der Waals surface area contributed by atoms with E-state index in [4.69, 9.17) is 0 Å². The van der Waals surface area contributed by atoms with Gasteiger partial charge in [-0.05, 0) is 0 Å². The number of carbonyl (C=O) groups is 4. The Labute approximate surface area is 143 Å². The van der Waals surface area contributed by atoms with E-state index in [0.717, 1.165) is 0 Å². The maximum absolute atomic E-state index is 12.8. The lowest BCUT2D eigenvalue weighted by Gasteiger charge is -2.17. The molecule has 1 heterocycles. The minimum atomic E-state index is -1.33. The summed E-state index contributed by atoms with van der Waals surface area (Å²) < 4.78 is 0. The Morgan fingerprint density at radius 3 is 2.00 bits per heavy atom. The van der Waals surface area contributed by atoms with E-state index in [9.17, 15) is 19.2 Å². The van der Waals surface area contributed by atoms with E-state index in [1.54, 1.807) is 60.7 Å². The molecule has 6 heteroatoms. The molecule has 0 bridgehead atoms. The number of carbonyl (C=O) groups excluding carboxylic acids is 4. The van der Waals surface area contributed by atoms with Crippen molar-refractivity contribution in [1.82, 2.24) is 5.48 Å². The molecule has 0 radical (unpaired) electrons. The highest BCUT2D eigenvalue weighted by Crippen LogP contribution is 2.27. The molecule has 0 spiro atoms. The summed E-state index contributed by atoms with van der Waals surface area (Å²) in [5, 5.41) is 0. The molecule has 1 aliphatic rings. The summed E-state index contributed by atoms with van der Waals surface area (Å²) in [5.41, 5.74) is 2.72. The van der Waals surface area contributed by atoms with Crippen molar-refractivity contribution in [2.24, 2.45) is 11.8 Å². The number of hydrogen-bond acceptors (Lipinski definition) is 5. The normalized spacial score (nSPS) is 17.5. The first-order valence-electron chi connectivity index (χ1n) is 7.76. The summed E-state index contributed by atoms with van der Waals surface area (Å²) in [6.45, 7) is 0. The summed E-state index contributed by atoms with van der Waals surface area (Å²) in [7, 11) is 0. The second-order valence-corrected chi connectivity index (χ2v) is 5.70. The van der Waals surface area contributed by atoms with Crippen LogP contribution in [0.2, 0.25) is 0 Å². The van der Waals surface area contributed by atoms with Crippen LogP contribution in [0.4, 0.5) is 0 Å². The first-order valence-corrected chi connectivity index (χ1v) is 7.76. The van der Waals surface area contributed by atoms with Gasteiger partial charge in [0.25, 0.3) is 5.91 Å². The van der Waals surface area contributed by atoms with E-state index in [1.807, 2.05) is 5.48 Å². The Hall–Kier alpha value is -3.28. The zero-order valence-electron chi connectivity index (χ0n) is 13.2. The highest BCUT2D eigenvalue weighted by molar-refractivity contribution is 6.11. The number of Topliss-reactive ketones (excluding diaryl/α,β-unsaturated/α-hetero) is 2. The average Bonchev–Trinajstić information content (AvgIpc) is 2.99. The Kier molecular flexibility index (Phi) is 4.70. The first kappa shape index (κ1) is 16.6. The number of hydroxylamine groups is 1. The standard InChI is InChI=1S/C19H15NO5/c21-15(12-7-3-1-4-8-12)11-14(16-18(23)20-25-19(16)24)17(22)13-9-5-2-6-10-13/h1-10,14,16H,11H2,(H,20,23). The molecule has 1 fully saturated rings. The van der Waals surface area contributed by atoms with Crippen LogP contribution in [0.25, 0.3) is 0 Å². The van der Waals surface area contributed by atoms with E-state index in [-0.39, 0.29) is 12.2 Å². The summed E-state index contributed by atoms with van der Waals surface area (Å²) in [6, 6.07) is 16.7. The minimum absolute atomic E-state index is 0.259. The zero-order valence-corrected chi connectivity index (χ0v) is 13.2. The van der Waals surface area contributed by atoms with Gasteiger partial charge in [0.1, 0.15) is 0 Å². The third kappa shape index (κ3) is 3.47. The Morgan fingerprint density at radius 1 is 0.920 bits per heavy atom.